The quantitative estimate of drug-likeness (QED) is 0.654. The van der Waals surface area contributed by atoms with Crippen LogP contribution in [0.1, 0.15) is 42.2 Å². The van der Waals surface area contributed by atoms with Gasteiger partial charge in [0.1, 0.15) is 0 Å². The lowest BCUT2D eigenvalue weighted by molar-refractivity contribution is 0.855. The summed E-state index contributed by atoms with van der Waals surface area (Å²) in [5.41, 5.74) is 3.17. The van der Waals surface area contributed by atoms with Crippen LogP contribution in [-0.4, -0.2) is 0 Å². The predicted molar refractivity (Wildman–Crippen MR) is 57.7 cm³/mol. The summed E-state index contributed by atoms with van der Waals surface area (Å²) in [7, 11) is 0. The van der Waals surface area contributed by atoms with Crippen LogP contribution in [0.15, 0.2) is 4.21 Å². The van der Waals surface area contributed by atoms with Gasteiger partial charge >= 0.3 is 0 Å². The third-order valence-corrected chi connectivity index (χ3v) is 4.43. The molecule has 12 heavy (non-hydrogen) atoms. The van der Waals surface area contributed by atoms with Crippen LogP contribution in [0.3, 0.4) is 0 Å². The van der Waals surface area contributed by atoms with Crippen molar-refractivity contribution >= 4 is 24.0 Å². The van der Waals surface area contributed by atoms with E-state index < -0.39 is 0 Å². The second-order valence-corrected chi connectivity index (χ2v) is 5.54. The third kappa shape index (κ3) is 1.21. The Hall–Kier alpha value is 0.0500. The molecule has 2 heteroatoms. The zero-order valence-corrected chi connectivity index (χ0v) is 9.27. The van der Waals surface area contributed by atoms with Crippen LogP contribution in [0.2, 0.25) is 0 Å². The van der Waals surface area contributed by atoms with Gasteiger partial charge in [-0.25, -0.2) is 0 Å². The van der Waals surface area contributed by atoms with Crippen molar-refractivity contribution in [2.24, 2.45) is 0 Å². The molecule has 1 aliphatic carbocycles. The van der Waals surface area contributed by atoms with E-state index in [1.54, 1.807) is 16.0 Å². The van der Waals surface area contributed by atoms with Crippen LogP contribution < -0.4 is 0 Å². The largest absolute Gasteiger partial charge is 0.133 e. The van der Waals surface area contributed by atoms with E-state index in [1.807, 2.05) is 11.3 Å². The Morgan fingerprint density at radius 1 is 1.25 bits per heavy atom. The maximum Gasteiger partial charge on any atom is 0.0605 e. The maximum atomic E-state index is 4.52. The van der Waals surface area contributed by atoms with Gasteiger partial charge in [-0.15, -0.1) is 24.0 Å². The van der Waals surface area contributed by atoms with Crippen molar-refractivity contribution in [2.45, 2.75) is 43.2 Å². The first-order valence-electron chi connectivity index (χ1n) is 4.53. The lowest BCUT2D eigenvalue weighted by atomic mass is 10.1. The maximum absolute atomic E-state index is 4.52. The summed E-state index contributed by atoms with van der Waals surface area (Å²) in [5, 5.41) is 0. The van der Waals surface area contributed by atoms with E-state index in [1.165, 1.54) is 23.5 Å². The molecule has 0 N–H and O–H groups in total. The molecule has 0 radical (unpaired) electrons. The topological polar surface area (TPSA) is 0 Å². The minimum Gasteiger partial charge on any atom is -0.133 e. The summed E-state index contributed by atoms with van der Waals surface area (Å²) < 4.78 is 1.27. The fraction of sp³-hybridized carbons (Fsp3) is 0.600. The molecule has 0 amide bonds. The van der Waals surface area contributed by atoms with Gasteiger partial charge < -0.3 is 0 Å². The van der Waals surface area contributed by atoms with Crippen molar-refractivity contribution in [3.8, 4) is 0 Å². The van der Waals surface area contributed by atoms with Crippen LogP contribution >= 0.6 is 24.0 Å². The lowest BCUT2D eigenvalue weighted by Gasteiger charge is -2.02. The Bertz CT molecular complexity index is 297. The van der Waals surface area contributed by atoms with Crippen LogP contribution in [0.25, 0.3) is 0 Å². The molecule has 0 aliphatic heterocycles. The Morgan fingerprint density at radius 2 is 1.92 bits per heavy atom. The summed E-state index contributed by atoms with van der Waals surface area (Å²) in [6, 6.07) is 0. The standard InChI is InChI=1S/C10H14S2/c1-6(2)9-7-4-3-5-8(7)10(11)12-9/h6,11H,3-5H2,1-2H3. The van der Waals surface area contributed by atoms with Gasteiger partial charge in [-0.05, 0) is 36.3 Å². The first-order chi connectivity index (χ1) is 5.70. The van der Waals surface area contributed by atoms with Gasteiger partial charge in [-0.3, -0.25) is 0 Å². The highest BCUT2D eigenvalue weighted by molar-refractivity contribution is 7.83. The van der Waals surface area contributed by atoms with Gasteiger partial charge in [-0.1, -0.05) is 13.8 Å². The van der Waals surface area contributed by atoms with Crippen molar-refractivity contribution < 1.29 is 0 Å². The third-order valence-electron chi connectivity index (χ3n) is 2.50. The molecule has 0 bridgehead atoms. The smallest absolute Gasteiger partial charge is 0.0605 e. The lowest BCUT2D eigenvalue weighted by Crippen LogP contribution is -1.87. The normalized spacial score (nSPS) is 15.7. The minimum absolute atomic E-state index is 0.683. The van der Waals surface area contributed by atoms with Crippen LogP contribution in [-0.2, 0) is 12.8 Å². The Balaban J connectivity index is 2.51. The van der Waals surface area contributed by atoms with Gasteiger partial charge in [0.25, 0.3) is 0 Å². The highest BCUT2D eigenvalue weighted by Gasteiger charge is 2.21. The van der Waals surface area contributed by atoms with Crippen molar-refractivity contribution in [2.75, 3.05) is 0 Å². The second-order valence-electron chi connectivity index (χ2n) is 3.74. The molecule has 0 unspecified atom stereocenters. The molecule has 0 fully saturated rings. The number of hydrogen-bond donors (Lipinski definition) is 1. The molecular weight excluding hydrogens is 184 g/mol. The number of hydrogen-bond acceptors (Lipinski definition) is 2. The van der Waals surface area contributed by atoms with Gasteiger partial charge in [-0.2, -0.15) is 0 Å². The fourth-order valence-electron chi connectivity index (χ4n) is 1.95. The van der Waals surface area contributed by atoms with Crippen molar-refractivity contribution in [3.05, 3.63) is 16.0 Å². The molecular formula is C10H14S2. The van der Waals surface area contributed by atoms with Gasteiger partial charge in [0.15, 0.2) is 0 Å². The van der Waals surface area contributed by atoms with Crippen LogP contribution in [0.5, 0.6) is 0 Å². The van der Waals surface area contributed by atoms with E-state index in [4.69, 9.17) is 0 Å². The molecule has 1 aromatic rings. The first-order valence-corrected chi connectivity index (χ1v) is 5.80. The van der Waals surface area contributed by atoms with E-state index in [9.17, 15) is 0 Å². The number of fused-ring (bicyclic) bond motifs is 1. The van der Waals surface area contributed by atoms with Crippen molar-refractivity contribution in [3.63, 3.8) is 0 Å². The SMILES string of the molecule is CC(C)c1sc(S)c2c1CCC2. The zero-order valence-electron chi connectivity index (χ0n) is 7.55. The Labute approximate surface area is 83.4 Å². The summed E-state index contributed by atoms with van der Waals surface area (Å²) in [6.45, 7) is 4.55. The molecule has 0 nitrogen and oxygen atoms in total. The Kier molecular flexibility index (Phi) is 2.21. The molecule has 2 rings (SSSR count). The molecule has 1 aromatic heterocycles. The molecule has 0 atom stereocenters. The zero-order chi connectivity index (χ0) is 8.72. The van der Waals surface area contributed by atoms with Crippen molar-refractivity contribution in [1.29, 1.82) is 0 Å². The molecule has 66 valence electrons. The highest BCUT2D eigenvalue weighted by atomic mass is 32.2. The van der Waals surface area contributed by atoms with E-state index >= 15 is 0 Å². The van der Waals surface area contributed by atoms with Crippen molar-refractivity contribution in [1.82, 2.24) is 0 Å². The van der Waals surface area contributed by atoms with E-state index in [0.717, 1.165) is 0 Å². The minimum atomic E-state index is 0.683. The molecule has 0 saturated carbocycles. The van der Waals surface area contributed by atoms with E-state index in [2.05, 4.69) is 26.5 Å². The van der Waals surface area contributed by atoms with Gasteiger partial charge in [0, 0.05) is 4.88 Å². The summed E-state index contributed by atoms with van der Waals surface area (Å²) in [6.07, 6.45) is 3.89. The number of rotatable bonds is 1. The summed E-state index contributed by atoms with van der Waals surface area (Å²) >= 11 is 6.41. The fourth-order valence-corrected chi connectivity index (χ4v) is 3.63. The van der Waals surface area contributed by atoms with E-state index in [0.29, 0.717) is 5.92 Å². The van der Waals surface area contributed by atoms with Gasteiger partial charge in [0.2, 0.25) is 0 Å². The molecule has 1 heterocycles. The van der Waals surface area contributed by atoms with Crippen LogP contribution in [0.4, 0.5) is 0 Å². The molecule has 0 spiro atoms. The Morgan fingerprint density at radius 3 is 2.58 bits per heavy atom. The number of thiophene rings is 1. The summed E-state index contributed by atoms with van der Waals surface area (Å²) in [4.78, 5) is 1.58. The highest BCUT2D eigenvalue weighted by Crippen LogP contribution is 2.40. The molecule has 0 saturated heterocycles. The molecule has 1 aliphatic rings. The second kappa shape index (κ2) is 3.08. The average molecular weight is 198 g/mol. The first kappa shape index (κ1) is 8.64. The monoisotopic (exact) mass is 198 g/mol. The van der Waals surface area contributed by atoms with Gasteiger partial charge in [0.05, 0.1) is 4.21 Å². The average Bonchev–Trinajstić information content (AvgIpc) is 2.53. The predicted octanol–water partition coefficient (Wildman–Crippen LogP) is 3.65. The number of thiol groups is 1. The van der Waals surface area contributed by atoms with E-state index in [-0.39, 0.29) is 0 Å². The van der Waals surface area contributed by atoms with Crippen LogP contribution in [0, 0.1) is 0 Å². The summed E-state index contributed by atoms with van der Waals surface area (Å²) in [5.74, 6) is 0.683. The molecule has 0 aromatic carbocycles.